The third-order valence-electron chi connectivity index (χ3n) is 6.95. The van der Waals surface area contributed by atoms with E-state index in [1.807, 2.05) is 6.92 Å². The standard InChI is InChI=1S/C24H28F3NO2S/c1-19-10-12-21(13-11-19)31(29,30)28-18-22(14-6-3-7-15-22)16-23(28,17-24(25,26)27)20-8-4-2-5-9-20/h2,4-5,8-13H,3,6-7,14-18H2,1H3. The second-order valence-electron chi connectivity index (χ2n) is 9.25. The minimum Gasteiger partial charge on any atom is -0.207 e. The molecule has 0 amide bonds. The average molecular weight is 452 g/mol. The third kappa shape index (κ3) is 4.27. The van der Waals surface area contributed by atoms with Gasteiger partial charge in [0, 0.05) is 6.54 Å². The Bertz CT molecular complexity index is 1010. The van der Waals surface area contributed by atoms with Gasteiger partial charge in [-0.05, 0) is 49.3 Å². The predicted molar refractivity (Wildman–Crippen MR) is 114 cm³/mol. The summed E-state index contributed by atoms with van der Waals surface area (Å²) >= 11 is 0. The Hall–Kier alpha value is -1.86. The molecule has 2 aromatic rings. The molecule has 2 aliphatic rings. The second-order valence-corrected chi connectivity index (χ2v) is 11.1. The number of hydrogen-bond donors (Lipinski definition) is 0. The van der Waals surface area contributed by atoms with Gasteiger partial charge in [0.2, 0.25) is 10.0 Å². The van der Waals surface area contributed by atoms with E-state index in [0.717, 1.165) is 37.7 Å². The molecule has 0 bridgehead atoms. The van der Waals surface area contributed by atoms with E-state index in [0.29, 0.717) is 5.56 Å². The van der Waals surface area contributed by atoms with Crippen molar-refractivity contribution in [3.8, 4) is 0 Å². The third-order valence-corrected chi connectivity index (χ3v) is 8.88. The summed E-state index contributed by atoms with van der Waals surface area (Å²) in [6, 6.07) is 14.8. The van der Waals surface area contributed by atoms with Crippen molar-refractivity contribution in [2.45, 2.75) is 68.5 Å². The zero-order valence-corrected chi connectivity index (χ0v) is 18.5. The lowest BCUT2D eigenvalue weighted by Crippen LogP contribution is -2.47. The minimum absolute atomic E-state index is 0.0495. The Balaban J connectivity index is 1.90. The Morgan fingerprint density at radius 3 is 2.13 bits per heavy atom. The van der Waals surface area contributed by atoms with Crippen LogP contribution in [0.5, 0.6) is 0 Å². The summed E-state index contributed by atoms with van der Waals surface area (Å²) in [6.45, 7) is 1.98. The van der Waals surface area contributed by atoms with Gasteiger partial charge in [0.1, 0.15) is 0 Å². The van der Waals surface area contributed by atoms with Crippen LogP contribution < -0.4 is 0 Å². The number of sulfonamides is 1. The van der Waals surface area contributed by atoms with Crippen molar-refractivity contribution in [2.75, 3.05) is 6.54 Å². The molecule has 1 saturated heterocycles. The quantitative estimate of drug-likeness (QED) is 0.556. The van der Waals surface area contributed by atoms with E-state index in [2.05, 4.69) is 0 Å². The van der Waals surface area contributed by atoms with Crippen LogP contribution in [-0.2, 0) is 15.6 Å². The molecule has 4 rings (SSSR count). The zero-order chi connectivity index (χ0) is 22.3. The first kappa shape index (κ1) is 22.3. The Labute approximate surface area is 182 Å². The highest BCUT2D eigenvalue weighted by molar-refractivity contribution is 7.89. The number of hydrogen-bond acceptors (Lipinski definition) is 2. The maximum Gasteiger partial charge on any atom is 0.391 e. The SMILES string of the molecule is Cc1ccc(S(=O)(=O)N2CC3(CCCCC3)CC2(CC(F)(F)F)c2ccccc2)cc1. The number of halogens is 3. The lowest BCUT2D eigenvalue weighted by Gasteiger charge is -2.39. The number of benzene rings is 2. The van der Waals surface area contributed by atoms with Crippen LogP contribution in [-0.4, -0.2) is 25.4 Å². The maximum atomic E-state index is 14.0. The van der Waals surface area contributed by atoms with Crippen molar-refractivity contribution >= 4 is 10.0 Å². The molecule has 1 atom stereocenters. The highest BCUT2D eigenvalue weighted by Crippen LogP contribution is 2.58. The van der Waals surface area contributed by atoms with Gasteiger partial charge in [-0.25, -0.2) is 8.42 Å². The molecule has 0 radical (unpaired) electrons. The summed E-state index contributed by atoms with van der Waals surface area (Å²) in [5, 5.41) is 0. The number of alkyl halides is 3. The molecule has 0 aromatic heterocycles. The van der Waals surface area contributed by atoms with Crippen LogP contribution >= 0.6 is 0 Å². The number of aryl methyl sites for hydroxylation is 1. The van der Waals surface area contributed by atoms with E-state index in [1.54, 1.807) is 42.5 Å². The lowest BCUT2D eigenvalue weighted by molar-refractivity contribution is -0.156. The Kier molecular flexibility index (Phi) is 5.71. The van der Waals surface area contributed by atoms with Crippen LogP contribution in [0, 0.1) is 12.3 Å². The van der Waals surface area contributed by atoms with E-state index in [-0.39, 0.29) is 17.9 Å². The summed E-state index contributed by atoms with van der Waals surface area (Å²) in [5.41, 5.74) is -0.739. The van der Waals surface area contributed by atoms with E-state index < -0.39 is 33.6 Å². The van der Waals surface area contributed by atoms with Gasteiger partial charge in [-0.15, -0.1) is 0 Å². The molecule has 2 fully saturated rings. The van der Waals surface area contributed by atoms with Gasteiger partial charge >= 0.3 is 6.18 Å². The van der Waals surface area contributed by atoms with Gasteiger partial charge in [-0.1, -0.05) is 67.3 Å². The molecule has 1 saturated carbocycles. The van der Waals surface area contributed by atoms with E-state index >= 15 is 0 Å². The van der Waals surface area contributed by atoms with Crippen LogP contribution in [0.4, 0.5) is 13.2 Å². The number of nitrogens with zero attached hydrogens (tertiary/aromatic N) is 1. The zero-order valence-electron chi connectivity index (χ0n) is 17.7. The highest BCUT2D eigenvalue weighted by Gasteiger charge is 2.61. The second kappa shape index (κ2) is 7.93. The number of rotatable bonds is 4. The fraction of sp³-hybridized carbons (Fsp3) is 0.500. The minimum atomic E-state index is -4.50. The van der Waals surface area contributed by atoms with Gasteiger partial charge < -0.3 is 0 Å². The molecule has 1 aliphatic carbocycles. The molecule has 1 unspecified atom stereocenters. The monoisotopic (exact) mass is 451 g/mol. The summed E-state index contributed by atoms with van der Waals surface area (Å²) in [4.78, 5) is 0.0495. The average Bonchev–Trinajstić information content (AvgIpc) is 3.03. The molecule has 2 aromatic carbocycles. The van der Waals surface area contributed by atoms with Crippen LogP contribution in [0.3, 0.4) is 0 Å². The molecule has 3 nitrogen and oxygen atoms in total. The molecular formula is C24H28F3NO2S. The van der Waals surface area contributed by atoms with Crippen molar-refractivity contribution in [3.05, 3.63) is 65.7 Å². The van der Waals surface area contributed by atoms with Gasteiger partial charge in [-0.3, -0.25) is 0 Å². The van der Waals surface area contributed by atoms with Crippen LogP contribution in [0.15, 0.2) is 59.5 Å². The Morgan fingerprint density at radius 2 is 1.55 bits per heavy atom. The topological polar surface area (TPSA) is 37.4 Å². The van der Waals surface area contributed by atoms with Crippen molar-refractivity contribution < 1.29 is 21.6 Å². The van der Waals surface area contributed by atoms with Crippen molar-refractivity contribution in [1.82, 2.24) is 4.31 Å². The van der Waals surface area contributed by atoms with E-state index in [1.165, 1.54) is 16.4 Å². The normalized spacial score (nSPS) is 24.5. The van der Waals surface area contributed by atoms with Crippen LogP contribution in [0.25, 0.3) is 0 Å². The first-order valence-electron chi connectivity index (χ1n) is 10.8. The summed E-state index contributed by atoms with van der Waals surface area (Å²) < 4.78 is 70.8. The predicted octanol–water partition coefficient (Wildman–Crippen LogP) is 6.19. The molecule has 168 valence electrons. The van der Waals surface area contributed by atoms with Gasteiger partial charge in [0.15, 0.2) is 0 Å². The lowest BCUT2D eigenvalue weighted by atomic mass is 9.68. The van der Waals surface area contributed by atoms with E-state index in [9.17, 15) is 21.6 Å². The van der Waals surface area contributed by atoms with Crippen molar-refractivity contribution in [1.29, 1.82) is 0 Å². The first-order valence-corrected chi connectivity index (χ1v) is 12.2. The van der Waals surface area contributed by atoms with Gasteiger partial charge in [-0.2, -0.15) is 17.5 Å². The fourth-order valence-electron chi connectivity index (χ4n) is 5.59. The largest absolute Gasteiger partial charge is 0.391 e. The first-order chi connectivity index (χ1) is 14.6. The molecule has 0 N–H and O–H groups in total. The maximum absolute atomic E-state index is 14.0. The smallest absolute Gasteiger partial charge is 0.207 e. The molecule has 31 heavy (non-hydrogen) atoms. The summed E-state index contributed by atoms with van der Waals surface area (Å²) in [5.74, 6) is 0. The van der Waals surface area contributed by atoms with E-state index in [4.69, 9.17) is 0 Å². The van der Waals surface area contributed by atoms with Crippen molar-refractivity contribution in [2.24, 2.45) is 5.41 Å². The molecule has 1 spiro atoms. The molecular weight excluding hydrogens is 423 g/mol. The fourth-order valence-corrected chi connectivity index (χ4v) is 7.46. The molecule has 1 aliphatic heterocycles. The van der Waals surface area contributed by atoms with Crippen LogP contribution in [0.2, 0.25) is 0 Å². The summed E-state index contributed by atoms with van der Waals surface area (Å²) in [7, 11) is -4.13. The molecule has 1 heterocycles. The van der Waals surface area contributed by atoms with Gasteiger partial charge in [0.05, 0.1) is 16.9 Å². The Morgan fingerprint density at radius 1 is 0.935 bits per heavy atom. The highest BCUT2D eigenvalue weighted by atomic mass is 32.2. The molecule has 7 heteroatoms. The summed E-state index contributed by atoms with van der Waals surface area (Å²) in [6.07, 6.45) is -1.06. The van der Waals surface area contributed by atoms with Gasteiger partial charge in [0.25, 0.3) is 0 Å². The van der Waals surface area contributed by atoms with Crippen LogP contribution in [0.1, 0.15) is 56.1 Å². The van der Waals surface area contributed by atoms with Crippen molar-refractivity contribution in [3.63, 3.8) is 0 Å².